The van der Waals surface area contributed by atoms with Crippen LogP contribution in [0.15, 0.2) is 47.4 Å². The van der Waals surface area contributed by atoms with Crippen molar-refractivity contribution in [1.82, 2.24) is 0 Å². The second kappa shape index (κ2) is 6.15. The van der Waals surface area contributed by atoms with Crippen molar-refractivity contribution in [3.05, 3.63) is 53.6 Å². The van der Waals surface area contributed by atoms with Gasteiger partial charge in [-0.1, -0.05) is 43.4 Å². The van der Waals surface area contributed by atoms with Crippen molar-refractivity contribution in [2.45, 2.75) is 43.4 Å². The van der Waals surface area contributed by atoms with Gasteiger partial charge in [0, 0.05) is 22.1 Å². The number of benzene rings is 1. The molecule has 2 N–H and O–H groups in total. The molecule has 0 aliphatic heterocycles. The summed E-state index contributed by atoms with van der Waals surface area (Å²) >= 11 is 4.86. The Balaban J connectivity index is 2.07. The fourth-order valence-electron chi connectivity index (χ4n) is 3.42. The molecule has 2 aliphatic rings. The molecule has 2 aliphatic carbocycles. The maximum Gasteiger partial charge on any atom is 0.0401 e. The van der Waals surface area contributed by atoms with Gasteiger partial charge in [0.15, 0.2) is 0 Å². The van der Waals surface area contributed by atoms with E-state index in [4.69, 9.17) is 18.4 Å². The summed E-state index contributed by atoms with van der Waals surface area (Å²) in [6, 6.07) is 4.22. The van der Waals surface area contributed by atoms with E-state index < -0.39 is 0 Å². The molecular formula is C19H23NS. The van der Waals surface area contributed by atoms with Crippen molar-refractivity contribution in [3.8, 4) is 0 Å². The number of rotatable bonds is 2. The van der Waals surface area contributed by atoms with E-state index in [1.54, 1.807) is 0 Å². The van der Waals surface area contributed by atoms with E-state index in [0.717, 1.165) is 29.0 Å². The molecule has 1 aromatic carbocycles. The van der Waals surface area contributed by atoms with E-state index in [9.17, 15) is 0 Å². The zero-order valence-electron chi connectivity index (χ0n) is 12.5. The first kappa shape index (κ1) is 14.5. The molecular weight excluding hydrogens is 274 g/mol. The third-order valence-corrected chi connectivity index (χ3v) is 5.16. The van der Waals surface area contributed by atoms with E-state index in [2.05, 4.69) is 49.4 Å². The number of nitrogen functional groups attached to an aromatic ring is 1. The first-order chi connectivity index (χ1) is 10.2. The van der Waals surface area contributed by atoms with Gasteiger partial charge < -0.3 is 5.73 Å². The molecule has 1 nitrogen and oxygen atoms in total. The lowest BCUT2D eigenvalue weighted by Gasteiger charge is -2.27. The van der Waals surface area contributed by atoms with E-state index in [-0.39, 0.29) is 0 Å². The summed E-state index contributed by atoms with van der Waals surface area (Å²) in [5, 5.41) is 0. The number of hydrogen-bond acceptors (Lipinski definition) is 2. The van der Waals surface area contributed by atoms with Gasteiger partial charge in [-0.15, -0.1) is 12.6 Å². The second-order valence-corrected chi connectivity index (χ2v) is 6.58. The van der Waals surface area contributed by atoms with Gasteiger partial charge in [-0.3, -0.25) is 0 Å². The number of hydrogen-bond donors (Lipinski definition) is 2. The first-order valence-corrected chi connectivity index (χ1v) is 8.27. The van der Waals surface area contributed by atoms with Crippen LogP contribution in [0.25, 0.3) is 5.57 Å². The van der Waals surface area contributed by atoms with Crippen LogP contribution < -0.4 is 5.73 Å². The highest BCUT2D eigenvalue weighted by Crippen LogP contribution is 2.41. The minimum atomic E-state index is 0.463. The van der Waals surface area contributed by atoms with Crippen LogP contribution in [0.4, 0.5) is 5.69 Å². The average Bonchev–Trinajstić information content (AvgIpc) is 2.50. The van der Waals surface area contributed by atoms with Crippen molar-refractivity contribution < 1.29 is 0 Å². The summed E-state index contributed by atoms with van der Waals surface area (Å²) in [5.41, 5.74) is 10.9. The van der Waals surface area contributed by atoms with Gasteiger partial charge in [-0.2, -0.15) is 0 Å². The van der Waals surface area contributed by atoms with Crippen molar-refractivity contribution in [1.29, 1.82) is 0 Å². The van der Waals surface area contributed by atoms with Gasteiger partial charge in [0.1, 0.15) is 0 Å². The van der Waals surface area contributed by atoms with Gasteiger partial charge in [-0.05, 0) is 48.8 Å². The Morgan fingerprint density at radius 2 is 2.05 bits per heavy atom. The average molecular weight is 297 g/mol. The minimum absolute atomic E-state index is 0.463. The lowest BCUT2D eigenvalue weighted by Crippen LogP contribution is -2.12. The molecule has 3 rings (SSSR count). The first-order valence-electron chi connectivity index (χ1n) is 7.82. The Hall–Kier alpha value is -1.41. The molecule has 0 saturated carbocycles. The molecule has 2 unspecified atom stereocenters. The fourth-order valence-corrected chi connectivity index (χ4v) is 3.92. The Morgan fingerprint density at radius 3 is 2.76 bits per heavy atom. The van der Waals surface area contributed by atoms with Crippen molar-refractivity contribution in [2.75, 3.05) is 5.73 Å². The molecule has 2 atom stereocenters. The molecule has 110 valence electrons. The van der Waals surface area contributed by atoms with Crippen molar-refractivity contribution in [3.63, 3.8) is 0 Å². The third kappa shape index (κ3) is 2.82. The largest absolute Gasteiger partial charge is 0.398 e. The Bertz CT molecular complexity index is 625. The summed E-state index contributed by atoms with van der Waals surface area (Å²) in [6.45, 7) is 2.33. The molecule has 0 fully saturated rings. The molecule has 0 radical (unpaired) electrons. The number of anilines is 1. The van der Waals surface area contributed by atoms with Crippen LogP contribution in [0.3, 0.4) is 0 Å². The summed E-state index contributed by atoms with van der Waals surface area (Å²) in [7, 11) is 0. The molecule has 0 aromatic heterocycles. The van der Waals surface area contributed by atoms with Crippen molar-refractivity contribution in [2.24, 2.45) is 5.92 Å². The Labute approximate surface area is 133 Å². The highest BCUT2D eigenvalue weighted by molar-refractivity contribution is 7.80. The fraction of sp³-hybridized carbons (Fsp3) is 0.368. The molecule has 0 spiro atoms. The highest BCUT2D eigenvalue weighted by atomic mass is 32.1. The quantitative estimate of drug-likeness (QED) is 0.429. The van der Waals surface area contributed by atoms with Crippen LogP contribution in [-0.2, 0) is 0 Å². The third-order valence-electron chi connectivity index (χ3n) is 4.68. The molecule has 0 saturated heterocycles. The number of allylic oxidation sites excluding steroid dienone is 6. The SMILES string of the molecule is CC1CCC=CC1c1ccc(N)c(C2=CC=CCC2)c1S. The van der Waals surface area contributed by atoms with Crippen LogP contribution in [0.5, 0.6) is 0 Å². The van der Waals surface area contributed by atoms with Gasteiger partial charge in [-0.25, -0.2) is 0 Å². The van der Waals surface area contributed by atoms with Crippen LogP contribution in [-0.4, -0.2) is 0 Å². The molecule has 1 aromatic rings. The molecule has 0 bridgehead atoms. The molecule has 0 amide bonds. The monoisotopic (exact) mass is 297 g/mol. The minimum Gasteiger partial charge on any atom is -0.398 e. The lowest BCUT2D eigenvalue weighted by molar-refractivity contribution is 0.465. The summed E-state index contributed by atoms with van der Waals surface area (Å²) in [5.74, 6) is 1.13. The lowest BCUT2D eigenvalue weighted by atomic mass is 9.79. The molecule has 0 heterocycles. The maximum absolute atomic E-state index is 6.25. The van der Waals surface area contributed by atoms with E-state index >= 15 is 0 Å². The van der Waals surface area contributed by atoms with E-state index in [1.165, 1.54) is 24.0 Å². The Morgan fingerprint density at radius 1 is 1.19 bits per heavy atom. The van der Waals surface area contributed by atoms with Crippen LogP contribution in [0.2, 0.25) is 0 Å². The van der Waals surface area contributed by atoms with Crippen molar-refractivity contribution >= 4 is 23.9 Å². The topological polar surface area (TPSA) is 26.0 Å². The van der Waals surface area contributed by atoms with Crippen LogP contribution in [0, 0.1) is 5.92 Å². The van der Waals surface area contributed by atoms with E-state index in [0.29, 0.717) is 11.8 Å². The highest BCUT2D eigenvalue weighted by Gasteiger charge is 2.23. The molecule has 2 heteroatoms. The standard InChI is InChI=1S/C19H23NS/c1-13-7-5-6-10-15(13)16-11-12-17(20)18(19(16)21)14-8-3-2-4-9-14/h2-3,6,8,10-13,15,21H,4-5,7,9,20H2,1H3. The van der Waals surface area contributed by atoms with Gasteiger partial charge in [0.2, 0.25) is 0 Å². The number of nitrogens with two attached hydrogens (primary N) is 1. The van der Waals surface area contributed by atoms with E-state index in [1.807, 2.05) is 0 Å². The zero-order valence-corrected chi connectivity index (χ0v) is 13.4. The smallest absolute Gasteiger partial charge is 0.0401 e. The van der Waals surface area contributed by atoms with Crippen LogP contribution in [0.1, 0.15) is 49.7 Å². The van der Waals surface area contributed by atoms with Crippen LogP contribution >= 0.6 is 12.6 Å². The predicted octanol–water partition coefficient (Wildman–Crippen LogP) is 5.36. The summed E-state index contributed by atoms with van der Waals surface area (Å²) in [4.78, 5) is 1.07. The van der Waals surface area contributed by atoms with Gasteiger partial charge in [0.25, 0.3) is 0 Å². The van der Waals surface area contributed by atoms with Gasteiger partial charge in [0.05, 0.1) is 0 Å². The summed E-state index contributed by atoms with van der Waals surface area (Å²) < 4.78 is 0. The maximum atomic E-state index is 6.25. The zero-order chi connectivity index (χ0) is 14.8. The number of thiol groups is 1. The molecule has 21 heavy (non-hydrogen) atoms. The second-order valence-electron chi connectivity index (χ2n) is 6.13. The Kier molecular flexibility index (Phi) is 4.25. The normalized spacial score (nSPS) is 25.0. The van der Waals surface area contributed by atoms with Gasteiger partial charge >= 0.3 is 0 Å². The summed E-state index contributed by atoms with van der Waals surface area (Å²) in [6.07, 6.45) is 15.7. The predicted molar refractivity (Wildman–Crippen MR) is 94.7 cm³/mol.